The summed E-state index contributed by atoms with van der Waals surface area (Å²) < 4.78 is 5.37. The molecule has 18 heavy (non-hydrogen) atoms. The highest BCUT2D eigenvalue weighted by Gasteiger charge is 2.34. The van der Waals surface area contributed by atoms with Crippen molar-refractivity contribution >= 4 is 24.6 Å². The fraction of sp³-hybridized carbons (Fsp3) is 0.833. The van der Waals surface area contributed by atoms with Crippen molar-refractivity contribution in [1.82, 2.24) is 4.90 Å². The summed E-state index contributed by atoms with van der Waals surface area (Å²) in [5.41, 5.74) is 5.04. The van der Waals surface area contributed by atoms with Crippen molar-refractivity contribution in [3.8, 4) is 0 Å². The number of piperidine rings is 1. The first-order valence-electron chi connectivity index (χ1n) is 6.19. The van der Waals surface area contributed by atoms with E-state index in [0.717, 1.165) is 6.42 Å². The molecule has 2 atom stereocenters. The van der Waals surface area contributed by atoms with E-state index < -0.39 is 5.60 Å². The van der Waals surface area contributed by atoms with Crippen molar-refractivity contribution in [3.63, 3.8) is 0 Å². The van der Waals surface area contributed by atoms with E-state index in [0.29, 0.717) is 18.7 Å². The fourth-order valence-electron chi connectivity index (χ4n) is 2.07. The Labute approximate surface area is 114 Å². The lowest BCUT2D eigenvalue weighted by molar-refractivity contribution is 0.0104. The van der Waals surface area contributed by atoms with Crippen LogP contribution in [-0.2, 0) is 4.74 Å². The molecular weight excluding hydrogens is 250 g/mol. The number of thiol groups is 1. The Balaban J connectivity index is 2.67. The van der Waals surface area contributed by atoms with E-state index in [1.807, 2.05) is 20.8 Å². The molecule has 1 aliphatic heterocycles. The van der Waals surface area contributed by atoms with Gasteiger partial charge in [-0.25, -0.2) is 4.79 Å². The Morgan fingerprint density at radius 3 is 2.61 bits per heavy atom. The molecule has 1 rings (SSSR count). The van der Waals surface area contributed by atoms with Gasteiger partial charge >= 0.3 is 6.09 Å². The number of carbonyl (C=O) groups excluding carboxylic acids is 1. The first-order valence-corrected chi connectivity index (χ1v) is 6.82. The lowest BCUT2D eigenvalue weighted by Crippen LogP contribution is -2.50. The molecule has 3 N–H and O–H groups in total. The Morgan fingerprint density at radius 2 is 2.17 bits per heavy atom. The summed E-state index contributed by atoms with van der Waals surface area (Å²) in [5.74, 6) is 0.815. The molecule has 5 nitrogen and oxygen atoms in total. The number of nitrogens with two attached hydrogens (primary N) is 1. The average Bonchev–Trinajstić information content (AvgIpc) is 2.25. The van der Waals surface area contributed by atoms with Crippen molar-refractivity contribution in [2.45, 2.75) is 45.3 Å². The molecule has 0 saturated carbocycles. The second-order valence-corrected chi connectivity index (χ2v) is 6.05. The van der Waals surface area contributed by atoms with E-state index in [4.69, 9.17) is 15.9 Å². The van der Waals surface area contributed by atoms with Gasteiger partial charge in [0.2, 0.25) is 0 Å². The second-order valence-electron chi connectivity index (χ2n) is 5.69. The van der Waals surface area contributed by atoms with E-state index >= 15 is 0 Å². The quantitative estimate of drug-likeness (QED) is 0.408. The summed E-state index contributed by atoms with van der Waals surface area (Å²) >= 11 is 4.28. The topological polar surface area (TPSA) is 79.4 Å². The smallest absolute Gasteiger partial charge is 0.410 e. The molecule has 0 aromatic carbocycles. The Bertz CT molecular complexity index is 328. The lowest BCUT2D eigenvalue weighted by Gasteiger charge is -2.39. The predicted octanol–water partition coefficient (Wildman–Crippen LogP) is 1.87. The summed E-state index contributed by atoms with van der Waals surface area (Å²) in [4.78, 5) is 13.8. The SMILES string of the molecule is CC(C)(C)OC(=O)N1CCC(C(=N)N)CC1CS. The summed E-state index contributed by atoms with van der Waals surface area (Å²) in [6.07, 6.45) is 1.11. The number of rotatable bonds is 2. The zero-order valence-corrected chi connectivity index (χ0v) is 12.2. The molecule has 1 fully saturated rings. The standard InChI is InChI=1S/C12H23N3O2S/c1-12(2,3)17-11(16)15-5-4-8(10(13)14)6-9(15)7-18/h8-9,18H,4-7H2,1-3H3,(H3,13,14). The average molecular weight is 273 g/mol. The molecule has 2 unspecified atom stereocenters. The molecule has 1 aliphatic rings. The van der Waals surface area contributed by atoms with Gasteiger partial charge in [-0.2, -0.15) is 12.6 Å². The summed E-state index contributed by atoms with van der Waals surface area (Å²) in [5, 5.41) is 7.49. The molecule has 104 valence electrons. The molecule has 6 heteroatoms. The summed E-state index contributed by atoms with van der Waals surface area (Å²) in [6.45, 7) is 6.12. The molecule has 0 aromatic rings. The highest BCUT2D eigenvalue weighted by Crippen LogP contribution is 2.25. The van der Waals surface area contributed by atoms with Gasteiger partial charge in [-0.1, -0.05) is 0 Å². The van der Waals surface area contributed by atoms with Gasteiger partial charge in [0.25, 0.3) is 0 Å². The number of hydrogen-bond donors (Lipinski definition) is 3. The Morgan fingerprint density at radius 1 is 1.56 bits per heavy atom. The number of ether oxygens (including phenoxy) is 1. The highest BCUT2D eigenvalue weighted by molar-refractivity contribution is 7.80. The first-order chi connectivity index (χ1) is 8.24. The predicted molar refractivity (Wildman–Crippen MR) is 75.2 cm³/mol. The number of nitrogens with zero attached hydrogens (tertiary/aromatic N) is 1. The van der Waals surface area contributed by atoms with Crippen molar-refractivity contribution in [2.75, 3.05) is 12.3 Å². The van der Waals surface area contributed by atoms with Gasteiger partial charge in [0.05, 0.1) is 5.84 Å². The van der Waals surface area contributed by atoms with E-state index in [2.05, 4.69) is 12.6 Å². The van der Waals surface area contributed by atoms with Gasteiger partial charge in [0.15, 0.2) is 0 Å². The van der Waals surface area contributed by atoms with Gasteiger partial charge < -0.3 is 15.4 Å². The molecular formula is C12H23N3O2S. The maximum absolute atomic E-state index is 12.0. The van der Waals surface area contributed by atoms with Crippen molar-refractivity contribution in [1.29, 1.82) is 5.41 Å². The minimum Gasteiger partial charge on any atom is -0.444 e. The molecule has 1 saturated heterocycles. The number of carbonyl (C=O) groups is 1. The summed E-state index contributed by atoms with van der Waals surface area (Å²) in [6, 6.07) is -0.00849. The van der Waals surface area contributed by atoms with E-state index in [1.54, 1.807) is 4.90 Å². The van der Waals surface area contributed by atoms with Crippen LogP contribution in [0.25, 0.3) is 0 Å². The van der Waals surface area contributed by atoms with E-state index in [-0.39, 0.29) is 23.9 Å². The maximum atomic E-state index is 12.0. The maximum Gasteiger partial charge on any atom is 0.410 e. The molecule has 0 radical (unpaired) electrons. The van der Waals surface area contributed by atoms with Crippen LogP contribution >= 0.6 is 12.6 Å². The van der Waals surface area contributed by atoms with Crippen LogP contribution in [0.3, 0.4) is 0 Å². The van der Waals surface area contributed by atoms with Crippen LogP contribution in [0.1, 0.15) is 33.6 Å². The molecule has 0 aliphatic carbocycles. The van der Waals surface area contributed by atoms with Crippen molar-refractivity contribution in [2.24, 2.45) is 11.7 Å². The highest BCUT2D eigenvalue weighted by atomic mass is 32.1. The lowest BCUT2D eigenvalue weighted by atomic mass is 9.91. The van der Waals surface area contributed by atoms with Crippen LogP contribution < -0.4 is 5.73 Å². The van der Waals surface area contributed by atoms with Crippen LogP contribution in [0.15, 0.2) is 0 Å². The minimum atomic E-state index is -0.490. The summed E-state index contributed by atoms with van der Waals surface area (Å²) in [7, 11) is 0. The number of amides is 1. The monoisotopic (exact) mass is 273 g/mol. The van der Waals surface area contributed by atoms with Gasteiger partial charge in [0.1, 0.15) is 5.60 Å². The van der Waals surface area contributed by atoms with Crippen LogP contribution in [0.2, 0.25) is 0 Å². The molecule has 1 amide bonds. The number of likely N-dealkylation sites (tertiary alicyclic amines) is 1. The third-order valence-electron chi connectivity index (χ3n) is 2.99. The normalized spacial score (nSPS) is 24.8. The van der Waals surface area contributed by atoms with Crippen molar-refractivity contribution < 1.29 is 9.53 Å². The molecule has 0 bridgehead atoms. The molecule has 0 spiro atoms. The van der Waals surface area contributed by atoms with Crippen LogP contribution in [-0.4, -0.2) is 40.8 Å². The molecule has 0 aromatic heterocycles. The Kier molecular flexibility index (Phi) is 4.90. The van der Waals surface area contributed by atoms with Gasteiger partial charge in [-0.05, 0) is 33.6 Å². The third kappa shape index (κ3) is 4.08. The van der Waals surface area contributed by atoms with Crippen LogP contribution in [0, 0.1) is 11.3 Å². The number of nitrogens with one attached hydrogen (secondary N) is 1. The fourth-order valence-corrected chi connectivity index (χ4v) is 2.41. The van der Waals surface area contributed by atoms with Gasteiger partial charge in [-0.15, -0.1) is 0 Å². The van der Waals surface area contributed by atoms with Crippen LogP contribution in [0.5, 0.6) is 0 Å². The van der Waals surface area contributed by atoms with Gasteiger partial charge in [0, 0.05) is 24.3 Å². The zero-order chi connectivity index (χ0) is 13.9. The van der Waals surface area contributed by atoms with Gasteiger partial charge in [-0.3, -0.25) is 5.41 Å². The number of amidine groups is 1. The Hall–Kier alpha value is -0.910. The van der Waals surface area contributed by atoms with E-state index in [1.165, 1.54) is 0 Å². The van der Waals surface area contributed by atoms with E-state index in [9.17, 15) is 4.79 Å². The zero-order valence-electron chi connectivity index (χ0n) is 11.3. The largest absolute Gasteiger partial charge is 0.444 e. The minimum absolute atomic E-state index is 0.00849. The number of hydrogen-bond acceptors (Lipinski definition) is 4. The second kappa shape index (κ2) is 5.82. The van der Waals surface area contributed by atoms with Crippen molar-refractivity contribution in [3.05, 3.63) is 0 Å². The first kappa shape index (κ1) is 15.1. The molecule has 1 heterocycles. The van der Waals surface area contributed by atoms with Crippen LogP contribution in [0.4, 0.5) is 4.79 Å². The third-order valence-corrected chi connectivity index (χ3v) is 3.42.